The number of carboxylic acid groups (broad SMARTS) is 1. The number of rotatable bonds is 9. The molecule has 3 nitrogen and oxygen atoms in total. The van der Waals surface area contributed by atoms with E-state index < -0.39 is 17.6 Å². The second-order valence-electron chi connectivity index (χ2n) is 5.23. The Kier molecular flexibility index (Phi) is 5.71. The van der Waals surface area contributed by atoms with Gasteiger partial charge in [-0.25, -0.2) is 0 Å². The third kappa shape index (κ3) is 7.71. The lowest BCUT2D eigenvalue weighted by Crippen LogP contribution is -2.24. The summed E-state index contributed by atoms with van der Waals surface area (Å²) in [6.07, 6.45) is 1.05. The first kappa shape index (κ1) is 13.3. The topological polar surface area (TPSA) is 54.4 Å². The number of carbonyl (C=O) groups is 2. The first-order valence-corrected chi connectivity index (χ1v) is 7.90. The maximum absolute atomic E-state index is 11.3. The van der Waals surface area contributed by atoms with E-state index in [9.17, 15) is 9.59 Å². The molecule has 0 amide bonds. The van der Waals surface area contributed by atoms with Gasteiger partial charge in [0.1, 0.15) is 7.63 Å². The Labute approximate surface area is 114 Å². The molecule has 0 aromatic carbocycles. The summed E-state index contributed by atoms with van der Waals surface area (Å²) >= 11 is 0. The van der Waals surface area contributed by atoms with E-state index in [1.54, 1.807) is 35.4 Å². The molecule has 0 fully saturated rings. The highest BCUT2D eigenvalue weighted by Crippen LogP contribution is 2.40. The summed E-state index contributed by atoms with van der Waals surface area (Å²) in [4.78, 5) is 22.0. The fraction of sp³-hybridized carbons (Fsp3) is 0.833. The lowest BCUT2D eigenvalue weighted by Gasteiger charge is -2.23. The van der Waals surface area contributed by atoms with E-state index >= 15 is 0 Å². The average Bonchev–Trinajstić information content (AvgIpc) is 2.31. The molecule has 0 spiro atoms. The molecule has 1 N–H and O–H groups in total. The Morgan fingerprint density at radius 3 is 2.65 bits per heavy atom. The Balaban J connectivity index is 3.96. The van der Waals surface area contributed by atoms with Gasteiger partial charge in [-0.1, -0.05) is 21.6 Å². The van der Waals surface area contributed by atoms with Crippen LogP contribution in [0.15, 0.2) is 0 Å². The van der Waals surface area contributed by atoms with E-state index in [0.717, 1.165) is 5.75 Å². The molecule has 0 heterocycles. The van der Waals surface area contributed by atoms with Crippen molar-refractivity contribution in [3.63, 3.8) is 0 Å². The second-order valence-corrected chi connectivity index (χ2v) is 8.35. The van der Waals surface area contributed by atoms with Gasteiger partial charge in [-0.15, -0.1) is 0 Å². The Bertz CT molecular complexity index is 320. The summed E-state index contributed by atoms with van der Waals surface area (Å²) in [5, 5.41) is 4.01. The van der Waals surface area contributed by atoms with Crippen LogP contribution in [-0.2, 0) is 9.59 Å². The fourth-order valence-electron chi connectivity index (χ4n) is 0.994. The number of hydrogen-bond donors (Lipinski definition) is 1. The van der Waals surface area contributed by atoms with Crippen molar-refractivity contribution in [2.24, 2.45) is 5.41 Å². The zero-order valence-electron chi connectivity index (χ0n) is 12.9. The SMILES string of the molecule is [2H]OC(=O)C(C)(C)CCSSC(C)(C)CCC([3H])=O. The molecule has 0 aromatic heterocycles. The van der Waals surface area contributed by atoms with Crippen LogP contribution in [0.4, 0.5) is 0 Å². The maximum atomic E-state index is 11.3. The van der Waals surface area contributed by atoms with Crippen molar-refractivity contribution in [1.82, 2.24) is 0 Å². The van der Waals surface area contributed by atoms with E-state index in [4.69, 9.17) is 2.80 Å². The van der Waals surface area contributed by atoms with Crippen LogP contribution in [-0.4, -0.2) is 27.8 Å². The molecule has 5 heteroatoms. The van der Waals surface area contributed by atoms with E-state index in [0.29, 0.717) is 12.8 Å². The Morgan fingerprint density at radius 1 is 1.47 bits per heavy atom. The second kappa shape index (κ2) is 7.31. The van der Waals surface area contributed by atoms with Crippen molar-refractivity contribution in [2.45, 2.75) is 51.7 Å². The van der Waals surface area contributed by atoms with Crippen LogP contribution in [0.3, 0.4) is 0 Å². The van der Waals surface area contributed by atoms with Gasteiger partial charge >= 0.3 is 5.97 Å². The average molecular weight is 281 g/mol. The van der Waals surface area contributed by atoms with Crippen molar-refractivity contribution in [3.05, 3.63) is 0 Å². The molecule has 0 rings (SSSR count). The molecule has 0 aromatic rings. The monoisotopic (exact) mass is 281 g/mol. The Hall–Kier alpha value is -0.160. The summed E-state index contributed by atoms with van der Waals surface area (Å²) in [6, 6.07) is 0. The zero-order chi connectivity index (χ0) is 15.1. The van der Waals surface area contributed by atoms with Gasteiger partial charge < -0.3 is 9.90 Å². The van der Waals surface area contributed by atoms with Crippen LogP contribution in [0, 0.1) is 5.41 Å². The highest BCUT2D eigenvalue weighted by atomic mass is 33.1. The lowest BCUT2D eigenvalue weighted by molar-refractivity contribution is -0.146. The molecule has 0 unspecified atom stereocenters. The van der Waals surface area contributed by atoms with E-state index in [-0.39, 0.29) is 11.2 Å². The fourth-order valence-corrected chi connectivity index (χ4v) is 3.88. The van der Waals surface area contributed by atoms with E-state index in [1.807, 2.05) is 13.8 Å². The minimum Gasteiger partial charge on any atom is -0.481 e. The van der Waals surface area contributed by atoms with Crippen LogP contribution in [0.2, 0.25) is 0 Å². The van der Waals surface area contributed by atoms with E-state index in [2.05, 4.69) is 5.11 Å². The van der Waals surface area contributed by atoms with Gasteiger partial charge in [0.2, 0.25) is 0 Å². The van der Waals surface area contributed by atoms with Crippen LogP contribution < -0.4 is 0 Å². The predicted molar refractivity (Wildman–Crippen MR) is 75.5 cm³/mol. The molecule has 100 valence electrons. The molecule has 0 saturated heterocycles. The van der Waals surface area contributed by atoms with Crippen LogP contribution in [0.5, 0.6) is 0 Å². The number of hydrogen-bond acceptors (Lipinski definition) is 5. The highest BCUT2D eigenvalue weighted by molar-refractivity contribution is 8.77. The van der Waals surface area contributed by atoms with Crippen molar-refractivity contribution < 1.29 is 16.1 Å². The first-order chi connectivity index (χ1) is 8.60. The van der Waals surface area contributed by atoms with Crippen molar-refractivity contribution in [2.75, 3.05) is 5.75 Å². The third-order valence-electron chi connectivity index (χ3n) is 2.48. The maximum Gasteiger partial charge on any atom is 0.309 e. The third-order valence-corrected chi connectivity index (χ3v) is 5.83. The zero-order valence-corrected chi connectivity index (χ0v) is 12.5. The van der Waals surface area contributed by atoms with Gasteiger partial charge in [-0.3, -0.25) is 4.79 Å². The number of aliphatic carboxylic acids is 1. The molecule has 0 bridgehead atoms. The van der Waals surface area contributed by atoms with Gasteiger partial charge in [0.15, 0.2) is 0 Å². The molecular formula is C12H22O3S2. The summed E-state index contributed by atoms with van der Waals surface area (Å²) in [5.41, 5.74) is -0.642. The van der Waals surface area contributed by atoms with Gasteiger partial charge in [0.05, 0.1) is 5.41 Å². The molecule has 0 aliphatic heterocycles. The van der Waals surface area contributed by atoms with Gasteiger partial charge in [0, 0.05) is 16.9 Å². The summed E-state index contributed by atoms with van der Waals surface area (Å²) < 4.78 is 13.5. The van der Waals surface area contributed by atoms with Gasteiger partial charge in [-0.05, 0) is 40.5 Å². The summed E-state index contributed by atoms with van der Waals surface area (Å²) in [6.45, 7) is 7.60. The molecule has 0 saturated carbocycles. The van der Waals surface area contributed by atoms with Crippen LogP contribution in [0.25, 0.3) is 1.43 Å². The van der Waals surface area contributed by atoms with Gasteiger partial charge in [0.25, 0.3) is 1.43 Å². The minimum absolute atomic E-state index is 0.0680. The lowest BCUT2D eigenvalue weighted by atomic mass is 9.91. The molecule has 0 aliphatic carbocycles. The van der Waals surface area contributed by atoms with Crippen molar-refractivity contribution >= 4 is 33.8 Å². The summed E-state index contributed by atoms with van der Waals surface area (Å²) in [7, 11) is 3.30. The quantitative estimate of drug-likeness (QED) is 0.397. The number of carboxylic acids is 1. The first-order valence-electron chi connectivity index (χ1n) is 6.49. The molecule has 0 atom stereocenters. The highest BCUT2D eigenvalue weighted by Gasteiger charge is 2.27. The summed E-state index contributed by atoms with van der Waals surface area (Å²) in [5.74, 6) is 0.252. The smallest absolute Gasteiger partial charge is 0.309 e. The van der Waals surface area contributed by atoms with Crippen molar-refractivity contribution in [3.8, 4) is 0 Å². The largest absolute Gasteiger partial charge is 0.481 e. The normalized spacial score (nSPS) is 13.9. The van der Waals surface area contributed by atoms with Crippen LogP contribution in [0.1, 0.15) is 48.3 Å². The minimum atomic E-state index is -0.642. The standard InChI is InChI=1S/C12H22O3S2/c1-11(2,10(14)15)7-9-16-17-12(3,4)6-5-8-13/h8H,5-7,9H2,1-4H3,(H,14,15)/i8T/hD. The number of carbonyl (C=O) groups excluding carboxylic acids is 1. The molecular weight excluding hydrogens is 256 g/mol. The number of aldehydes is 1. The van der Waals surface area contributed by atoms with Gasteiger partial charge in [-0.2, -0.15) is 0 Å². The Morgan fingerprint density at radius 2 is 2.12 bits per heavy atom. The van der Waals surface area contributed by atoms with Crippen LogP contribution >= 0.6 is 21.6 Å². The van der Waals surface area contributed by atoms with Crippen molar-refractivity contribution in [1.29, 1.82) is 1.43 Å². The molecule has 0 radical (unpaired) electrons. The molecule has 0 aliphatic rings. The molecule has 17 heavy (non-hydrogen) atoms. The van der Waals surface area contributed by atoms with E-state index in [1.165, 1.54) is 0 Å². The predicted octanol–water partition coefficient (Wildman–Crippen LogP) is 3.63.